The summed E-state index contributed by atoms with van der Waals surface area (Å²) < 4.78 is 7.74. The number of carbonyl (C=O) groups is 2. The molecule has 0 aromatic carbocycles. The first-order valence-corrected chi connectivity index (χ1v) is 10.6. The van der Waals surface area contributed by atoms with Crippen molar-refractivity contribution in [3.05, 3.63) is 0 Å². The molecule has 0 N–H and O–H groups in total. The predicted molar refractivity (Wildman–Crippen MR) is 104 cm³/mol. The Hall–Kier alpha value is -0.470. The molecule has 24 heavy (non-hydrogen) atoms. The summed E-state index contributed by atoms with van der Waals surface area (Å²) in [5, 5.41) is 0. The molecule has 0 fully saturated rings. The molecule has 0 aromatic heterocycles. The Kier molecular flexibility index (Phi) is 11.0. The Morgan fingerprint density at radius 1 is 1.08 bits per heavy atom. The highest BCUT2D eigenvalue weighted by atomic mass is 31.1. The van der Waals surface area contributed by atoms with Gasteiger partial charge in [0.25, 0.3) is 0 Å². The molecular formula is C19H38NO3P. The fourth-order valence-electron chi connectivity index (χ4n) is 2.25. The highest BCUT2D eigenvalue weighted by Gasteiger charge is 2.28. The first kappa shape index (κ1) is 23.5. The van der Waals surface area contributed by atoms with Crippen molar-refractivity contribution in [3.8, 4) is 0 Å². The summed E-state index contributed by atoms with van der Waals surface area (Å²) in [5.74, 6) is 0.349. The highest BCUT2D eigenvalue weighted by Crippen LogP contribution is 2.24. The summed E-state index contributed by atoms with van der Waals surface area (Å²) in [4.78, 5) is 23.8. The molecule has 0 bridgehead atoms. The lowest BCUT2D eigenvalue weighted by molar-refractivity contribution is -0.140. The Morgan fingerprint density at radius 2 is 1.71 bits per heavy atom. The van der Waals surface area contributed by atoms with E-state index in [-0.39, 0.29) is 17.1 Å². The SMILES string of the molecule is CCC(C)(OCCCCCC(=O)N(CCC(C)(C)C)PC)C(C)=O. The standard InChI is InChI=1S/C19H38NO3P/c1-8-19(6,16(2)21)23-15-11-9-10-12-17(22)20(24-7)14-13-18(3,4)5/h24H,8-15H2,1-7H3. The quantitative estimate of drug-likeness (QED) is 0.371. The fourth-order valence-corrected chi connectivity index (χ4v) is 2.95. The molecule has 0 aromatic rings. The van der Waals surface area contributed by atoms with E-state index < -0.39 is 5.60 Å². The molecule has 1 amide bonds. The molecule has 2 atom stereocenters. The van der Waals surface area contributed by atoms with E-state index in [1.165, 1.54) is 0 Å². The minimum atomic E-state index is -0.650. The van der Waals surface area contributed by atoms with Gasteiger partial charge in [-0.25, -0.2) is 0 Å². The number of Topliss-reactive ketones (excluding diaryl/α,β-unsaturated/α-hetero) is 1. The van der Waals surface area contributed by atoms with E-state index in [0.29, 0.717) is 28.2 Å². The van der Waals surface area contributed by atoms with E-state index in [1.54, 1.807) is 6.92 Å². The third kappa shape index (κ3) is 9.74. The van der Waals surface area contributed by atoms with Gasteiger partial charge in [0.15, 0.2) is 5.78 Å². The van der Waals surface area contributed by atoms with E-state index in [2.05, 4.69) is 27.4 Å². The van der Waals surface area contributed by atoms with Crippen molar-refractivity contribution in [1.29, 1.82) is 0 Å². The van der Waals surface area contributed by atoms with Gasteiger partial charge >= 0.3 is 0 Å². The van der Waals surface area contributed by atoms with Crippen LogP contribution in [-0.4, -0.2) is 41.8 Å². The van der Waals surface area contributed by atoms with Crippen LogP contribution in [0.1, 0.15) is 80.1 Å². The average Bonchev–Trinajstić information content (AvgIpc) is 2.49. The van der Waals surface area contributed by atoms with Crippen LogP contribution in [0.15, 0.2) is 0 Å². The molecular weight excluding hydrogens is 321 g/mol. The summed E-state index contributed by atoms with van der Waals surface area (Å²) in [6, 6.07) is 0. The van der Waals surface area contributed by atoms with Gasteiger partial charge in [-0.15, -0.1) is 0 Å². The Balaban J connectivity index is 3.98. The van der Waals surface area contributed by atoms with Crippen LogP contribution in [-0.2, 0) is 14.3 Å². The second-order valence-electron chi connectivity index (χ2n) is 7.88. The molecule has 5 heteroatoms. The zero-order valence-electron chi connectivity index (χ0n) is 16.8. The molecule has 0 aliphatic heterocycles. The fraction of sp³-hybridized carbons (Fsp3) is 0.895. The van der Waals surface area contributed by atoms with Crippen molar-refractivity contribution in [2.75, 3.05) is 19.8 Å². The van der Waals surface area contributed by atoms with Crippen molar-refractivity contribution >= 4 is 20.4 Å². The van der Waals surface area contributed by atoms with E-state index in [0.717, 1.165) is 32.2 Å². The molecule has 0 aliphatic rings. The van der Waals surface area contributed by atoms with Crippen LogP contribution in [0.3, 0.4) is 0 Å². The minimum Gasteiger partial charge on any atom is -0.368 e. The van der Waals surface area contributed by atoms with Gasteiger partial charge in [0, 0.05) is 19.6 Å². The molecule has 0 aliphatic carbocycles. The van der Waals surface area contributed by atoms with Gasteiger partial charge in [-0.05, 0) is 60.3 Å². The molecule has 2 unspecified atom stereocenters. The van der Waals surface area contributed by atoms with Crippen LogP contribution in [0.2, 0.25) is 0 Å². The topological polar surface area (TPSA) is 46.6 Å². The van der Waals surface area contributed by atoms with Crippen molar-refractivity contribution < 1.29 is 14.3 Å². The molecule has 0 rings (SSSR count). The van der Waals surface area contributed by atoms with Crippen LogP contribution in [0.4, 0.5) is 0 Å². The van der Waals surface area contributed by atoms with Gasteiger partial charge < -0.3 is 9.41 Å². The summed E-state index contributed by atoms with van der Waals surface area (Å²) in [7, 11) is 0.538. The van der Waals surface area contributed by atoms with Crippen molar-refractivity contribution in [2.24, 2.45) is 5.41 Å². The highest BCUT2D eigenvalue weighted by molar-refractivity contribution is 7.35. The lowest BCUT2D eigenvalue weighted by atomic mass is 9.92. The van der Waals surface area contributed by atoms with E-state index >= 15 is 0 Å². The zero-order valence-corrected chi connectivity index (χ0v) is 17.8. The van der Waals surface area contributed by atoms with Crippen molar-refractivity contribution in [1.82, 2.24) is 4.67 Å². The molecule has 4 nitrogen and oxygen atoms in total. The van der Waals surface area contributed by atoms with Gasteiger partial charge in [0.1, 0.15) is 5.60 Å². The van der Waals surface area contributed by atoms with E-state index in [4.69, 9.17) is 4.74 Å². The summed E-state index contributed by atoms with van der Waals surface area (Å²) in [6.07, 6.45) is 5.09. The van der Waals surface area contributed by atoms with Gasteiger partial charge in [-0.2, -0.15) is 0 Å². The lowest BCUT2D eigenvalue weighted by Gasteiger charge is -2.26. The second kappa shape index (κ2) is 11.2. The van der Waals surface area contributed by atoms with Crippen molar-refractivity contribution in [3.63, 3.8) is 0 Å². The number of hydrogen-bond acceptors (Lipinski definition) is 3. The number of nitrogens with zero attached hydrogens (tertiary/aromatic N) is 1. The number of ketones is 1. The molecule has 142 valence electrons. The number of carbonyl (C=O) groups excluding carboxylic acids is 2. The van der Waals surface area contributed by atoms with Crippen LogP contribution < -0.4 is 0 Å². The molecule has 0 radical (unpaired) electrons. The Bertz CT molecular complexity index is 393. The summed E-state index contributed by atoms with van der Waals surface area (Å²) >= 11 is 0. The monoisotopic (exact) mass is 359 g/mol. The number of rotatable bonds is 12. The molecule has 0 saturated carbocycles. The van der Waals surface area contributed by atoms with Gasteiger partial charge in [-0.3, -0.25) is 9.59 Å². The molecule has 0 spiro atoms. The number of hydrogen-bond donors (Lipinski definition) is 0. The predicted octanol–water partition coefficient (Wildman–Crippen LogP) is 4.81. The molecule has 0 heterocycles. The first-order valence-electron chi connectivity index (χ1n) is 9.18. The summed E-state index contributed by atoms with van der Waals surface area (Å²) in [5.41, 5.74) is -0.388. The van der Waals surface area contributed by atoms with E-state index in [1.807, 2.05) is 18.5 Å². The third-order valence-corrected chi connectivity index (χ3v) is 5.54. The number of unbranched alkanes of at least 4 members (excludes halogenated alkanes) is 2. The maximum Gasteiger partial charge on any atom is 0.225 e. The van der Waals surface area contributed by atoms with Gasteiger partial charge in [0.05, 0.1) is 0 Å². The average molecular weight is 359 g/mol. The van der Waals surface area contributed by atoms with Crippen molar-refractivity contribution in [2.45, 2.75) is 85.7 Å². The smallest absolute Gasteiger partial charge is 0.225 e. The maximum atomic E-state index is 12.3. The van der Waals surface area contributed by atoms with Crippen LogP contribution in [0, 0.1) is 5.41 Å². The maximum absolute atomic E-state index is 12.3. The van der Waals surface area contributed by atoms with Crippen LogP contribution in [0.5, 0.6) is 0 Å². The first-order chi connectivity index (χ1) is 11.1. The summed E-state index contributed by atoms with van der Waals surface area (Å²) in [6.45, 7) is 15.5. The zero-order chi connectivity index (χ0) is 18.8. The minimum absolute atomic E-state index is 0.0820. The Morgan fingerprint density at radius 3 is 2.17 bits per heavy atom. The lowest BCUT2D eigenvalue weighted by Crippen LogP contribution is -2.36. The molecule has 0 saturated heterocycles. The van der Waals surface area contributed by atoms with Gasteiger partial charge in [-0.1, -0.05) is 34.1 Å². The number of amides is 1. The van der Waals surface area contributed by atoms with Gasteiger partial charge in [0.2, 0.25) is 5.91 Å². The largest absolute Gasteiger partial charge is 0.368 e. The van der Waals surface area contributed by atoms with Crippen LogP contribution in [0.25, 0.3) is 0 Å². The third-order valence-electron chi connectivity index (χ3n) is 4.53. The Labute approximate surface area is 150 Å². The van der Waals surface area contributed by atoms with E-state index in [9.17, 15) is 9.59 Å². The van der Waals surface area contributed by atoms with Crippen LogP contribution >= 0.6 is 8.73 Å². The number of ether oxygens (including phenoxy) is 1. The normalized spacial score (nSPS) is 14.8. The second-order valence-corrected chi connectivity index (χ2v) is 8.87.